The number of nitrogens with one attached hydrogen (secondary N) is 1. The Morgan fingerprint density at radius 2 is 1.76 bits per heavy atom. The van der Waals surface area contributed by atoms with Crippen LogP contribution < -0.4 is 20.7 Å². The van der Waals surface area contributed by atoms with Crippen molar-refractivity contribution < 1.29 is 27.6 Å². The minimum Gasteiger partial charge on any atom is -0.489 e. The van der Waals surface area contributed by atoms with Crippen LogP contribution in [0.25, 0.3) is 5.57 Å². The third-order valence-electron chi connectivity index (χ3n) is 12.7. The maximum atomic E-state index is 14.3. The minimum atomic E-state index is -4.44. The van der Waals surface area contributed by atoms with Gasteiger partial charge >= 0.3 is 0 Å². The highest BCUT2D eigenvalue weighted by Crippen LogP contribution is 2.54. The number of benzene rings is 3. The molecule has 3 aromatic carbocycles. The molecule has 286 valence electrons. The zero-order chi connectivity index (χ0) is 37.8. The van der Waals surface area contributed by atoms with Gasteiger partial charge in [-0.25, -0.2) is 8.42 Å². The molecule has 4 aliphatic heterocycles. The second-order valence-electron chi connectivity index (χ2n) is 15.9. The molecule has 1 saturated carbocycles. The predicted octanol–water partition coefficient (Wildman–Crippen LogP) is 6.75. The average Bonchev–Trinajstić information content (AvgIpc) is 3.66. The SMILES string of the molecule is C=C(C)c1ccccc1[C@@H]1CCCN1C1CC2(CCN(c3ccc(C(N)=O)c(S(=O)(=O)c4cc5c(c([N+](=O)[O-])c4)N[C@H](C4CCOCC4)CO5)c3)CC2)C1. The summed E-state index contributed by atoms with van der Waals surface area (Å²) in [4.78, 5) is 28.6. The second-order valence-corrected chi connectivity index (χ2v) is 17.9. The van der Waals surface area contributed by atoms with Crippen LogP contribution in [0.15, 0.2) is 71.0 Å². The Kier molecular flexibility index (Phi) is 9.68. The maximum Gasteiger partial charge on any atom is 0.297 e. The van der Waals surface area contributed by atoms with Crippen molar-refractivity contribution >= 4 is 38.4 Å². The van der Waals surface area contributed by atoms with Crippen molar-refractivity contribution in [2.24, 2.45) is 17.1 Å². The number of ether oxygens (including phenoxy) is 2. The lowest BCUT2D eigenvalue weighted by Gasteiger charge is -2.56. The van der Waals surface area contributed by atoms with Gasteiger partial charge in [0.05, 0.1) is 26.3 Å². The molecule has 0 aromatic heterocycles. The summed E-state index contributed by atoms with van der Waals surface area (Å²) in [6, 6.07) is 16.5. The van der Waals surface area contributed by atoms with Crippen LogP contribution in [-0.2, 0) is 14.6 Å². The highest BCUT2D eigenvalue weighted by Gasteiger charge is 2.50. The first-order valence-electron chi connectivity index (χ1n) is 19.2. The number of nitro groups is 1. The summed E-state index contributed by atoms with van der Waals surface area (Å²) in [5, 5.41) is 15.6. The average molecular weight is 756 g/mol. The number of nitro benzene ring substituents is 1. The first kappa shape index (κ1) is 36.5. The molecule has 4 fully saturated rings. The number of rotatable bonds is 9. The van der Waals surface area contributed by atoms with Crippen LogP contribution in [0.4, 0.5) is 17.1 Å². The van der Waals surface area contributed by atoms with Crippen LogP contribution in [0.3, 0.4) is 0 Å². The summed E-state index contributed by atoms with van der Waals surface area (Å²) in [5.41, 5.74) is 9.97. The molecule has 1 aliphatic carbocycles. The molecule has 3 aromatic rings. The third kappa shape index (κ3) is 6.64. The summed E-state index contributed by atoms with van der Waals surface area (Å²) in [7, 11) is -4.44. The Labute approximate surface area is 316 Å². The summed E-state index contributed by atoms with van der Waals surface area (Å²) in [6.07, 6.45) is 8.22. The van der Waals surface area contributed by atoms with Crippen molar-refractivity contribution in [3.63, 3.8) is 0 Å². The second kappa shape index (κ2) is 14.3. The number of nitrogens with zero attached hydrogens (tertiary/aromatic N) is 3. The number of fused-ring (bicyclic) bond motifs is 1. The Balaban J connectivity index is 0.992. The number of nitrogens with two attached hydrogens (primary N) is 1. The van der Waals surface area contributed by atoms with E-state index in [1.807, 2.05) is 0 Å². The van der Waals surface area contributed by atoms with Crippen molar-refractivity contribution in [2.45, 2.75) is 86.2 Å². The molecule has 54 heavy (non-hydrogen) atoms. The van der Waals surface area contributed by atoms with Crippen molar-refractivity contribution in [1.82, 2.24) is 4.90 Å². The highest BCUT2D eigenvalue weighted by molar-refractivity contribution is 7.91. The number of carbonyl (C=O) groups is 1. The number of amides is 1. The number of carbonyl (C=O) groups excluding carboxylic acids is 1. The monoisotopic (exact) mass is 755 g/mol. The zero-order valence-electron chi connectivity index (χ0n) is 30.8. The lowest BCUT2D eigenvalue weighted by Crippen LogP contribution is -2.54. The third-order valence-corrected chi connectivity index (χ3v) is 14.5. The molecule has 0 bridgehead atoms. The van der Waals surface area contributed by atoms with Gasteiger partial charge in [-0.05, 0) is 105 Å². The quantitative estimate of drug-likeness (QED) is 0.177. The molecule has 5 aliphatic rings. The molecule has 3 N–H and O–H groups in total. The van der Waals surface area contributed by atoms with Crippen LogP contribution >= 0.6 is 0 Å². The maximum absolute atomic E-state index is 14.3. The van der Waals surface area contributed by atoms with Crippen LogP contribution in [0.5, 0.6) is 5.75 Å². The number of allylic oxidation sites excluding steroid dienone is 1. The summed E-state index contributed by atoms with van der Waals surface area (Å²) in [5.74, 6) is -0.601. The number of sulfone groups is 1. The van der Waals surface area contributed by atoms with Gasteiger partial charge in [0.15, 0.2) is 11.4 Å². The smallest absolute Gasteiger partial charge is 0.297 e. The van der Waals surface area contributed by atoms with Gasteiger partial charge in [-0.3, -0.25) is 19.8 Å². The zero-order valence-corrected chi connectivity index (χ0v) is 31.6. The highest BCUT2D eigenvalue weighted by atomic mass is 32.2. The fraction of sp³-hybridized carbons (Fsp3) is 0.488. The van der Waals surface area contributed by atoms with Crippen molar-refractivity contribution in [2.75, 3.05) is 49.7 Å². The van der Waals surface area contributed by atoms with Gasteiger partial charge in [0.2, 0.25) is 15.7 Å². The number of likely N-dealkylation sites (tertiary alicyclic amines) is 1. The van der Waals surface area contributed by atoms with E-state index in [0.29, 0.717) is 31.0 Å². The van der Waals surface area contributed by atoms with E-state index in [9.17, 15) is 23.3 Å². The lowest BCUT2D eigenvalue weighted by atomic mass is 9.59. The molecular formula is C41H49N5O7S. The number of hydrogen-bond donors (Lipinski definition) is 2. The Hall–Kier alpha value is -4.46. The van der Waals surface area contributed by atoms with Crippen molar-refractivity contribution in [1.29, 1.82) is 0 Å². The summed E-state index contributed by atoms with van der Waals surface area (Å²) < 4.78 is 40.1. The standard InChI is InChI=1S/C41H49N5O7S/c1-26(2)31-6-3-4-7-32(31)35-8-5-15-45(35)29-23-41(24-29)13-16-44(17-14-41)28-9-10-33(40(42)47)38(20-28)54(50,51)30-21-36(46(48)49)39-37(22-30)53-25-34(43-39)27-11-18-52-19-12-27/h3-4,6-7,9-10,20-22,27,29,34-35,43H,1,5,8,11-19,23-25H2,2H3,(H2,42,47)/t34-,35-/m0/s1. The Morgan fingerprint density at radius 3 is 2.46 bits per heavy atom. The molecule has 0 radical (unpaired) electrons. The summed E-state index contributed by atoms with van der Waals surface area (Å²) in [6.45, 7) is 10.4. The number of anilines is 2. The summed E-state index contributed by atoms with van der Waals surface area (Å²) >= 11 is 0. The fourth-order valence-electron chi connectivity index (χ4n) is 9.73. The van der Waals surface area contributed by atoms with Gasteiger partial charge in [-0.2, -0.15) is 0 Å². The largest absolute Gasteiger partial charge is 0.489 e. The fourth-order valence-corrected chi connectivity index (χ4v) is 11.2. The lowest BCUT2D eigenvalue weighted by molar-refractivity contribution is -0.384. The molecule has 13 heteroatoms. The topological polar surface area (TPSA) is 157 Å². The van der Waals surface area contributed by atoms with Crippen molar-refractivity contribution in [3.05, 3.63) is 88.0 Å². The van der Waals surface area contributed by atoms with Gasteiger partial charge in [0.25, 0.3) is 5.69 Å². The number of piperidine rings is 1. The van der Waals surface area contributed by atoms with E-state index in [1.54, 1.807) is 6.07 Å². The predicted molar refractivity (Wildman–Crippen MR) is 207 cm³/mol. The van der Waals surface area contributed by atoms with Crippen LogP contribution in [0.1, 0.15) is 85.8 Å². The van der Waals surface area contributed by atoms with E-state index in [1.165, 1.54) is 35.7 Å². The van der Waals surface area contributed by atoms with E-state index >= 15 is 0 Å². The van der Waals surface area contributed by atoms with E-state index in [4.69, 9.17) is 15.2 Å². The van der Waals surface area contributed by atoms with Gasteiger partial charge in [-0.15, -0.1) is 0 Å². The van der Waals surface area contributed by atoms with Gasteiger partial charge in [0, 0.05) is 56.2 Å². The van der Waals surface area contributed by atoms with Gasteiger partial charge < -0.3 is 25.4 Å². The molecule has 12 nitrogen and oxygen atoms in total. The number of primary amides is 1. The Bertz CT molecular complexity index is 2080. The molecule has 3 saturated heterocycles. The van der Waals surface area contributed by atoms with E-state index in [2.05, 4.69) is 52.9 Å². The Morgan fingerprint density at radius 1 is 1.02 bits per heavy atom. The minimum absolute atomic E-state index is 0.0864. The molecule has 1 spiro atoms. The van der Waals surface area contributed by atoms with Crippen LogP contribution in [0.2, 0.25) is 0 Å². The molecule has 1 amide bonds. The first-order chi connectivity index (χ1) is 25.9. The molecule has 2 atom stereocenters. The van der Waals surface area contributed by atoms with E-state index in [-0.39, 0.29) is 50.8 Å². The number of hydrogen-bond acceptors (Lipinski definition) is 10. The van der Waals surface area contributed by atoms with Crippen LogP contribution in [-0.4, -0.2) is 75.7 Å². The van der Waals surface area contributed by atoms with Gasteiger partial charge in [-0.1, -0.05) is 36.4 Å². The molecule has 8 rings (SSSR count). The van der Waals surface area contributed by atoms with E-state index in [0.717, 1.165) is 76.2 Å². The van der Waals surface area contributed by atoms with E-state index < -0.39 is 26.4 Å². The molecular weight excluding hydrogens is 707 g/mol. The molecule has 0 unspecified atom stereocenters. The molecule has 4 heterocycles. The normalized spacial score (nSPS) is 23.2. The first-order valence-corrected chi connectivity index (χ1v) is 20.7. The van der Waals surface area contributed by atoms with Gasteiger partial charge in [0.1, 0.15) is 6.61 Å². The van der Waals surface area contributed by atoms with Crippen molar-refractivity contribution in [3.8, 4) is 5.75 Å². The van der Waals surface area contributed by atoms with Crippen LogP contribution in [0, 0.1) is 21.4 Å².